The van der Waals surface area contributed by atoms with Crippen molar-refractivity contribution in [1.29, 1.82) is 0 Å². The first-order chi connectivity index (χ1) is 9.60. The maximum atomic E-state index is 11.8. The molecule has 21 heavy (non-hydrogen) atoms. The molecule has 0 saturated carbocycles. The quantitative estimate of drug-likeness (QED) is 0.587. The van der Waals surface area contributed by atoms with E-state index in [9.17, 15) is 23.3 Å². The summed E-state index contributed by atoms with van der Waals surface area (Å²) in [6.45, 7) is 0. The summed E-state index contributed by atoms with van der Waals surface area (Å²) in [6.07, 6.45) is 0.978. The molecular weight excluding hydrogens is 322 g/mol. The minimum Gasteiger partial charge on any atom is -0.323 e. The van der Waals surface area contributed by atoms with E-state index in [2.05, 4.69) is 5.32 Å². The second kappa shape index (κ2) is 6.83. The summed E-state index contributed by atoms with van der Waals surface area (Å²) in [5, 5.41) is 13.1. The van der Waals surface area contributed by atoms with Gasteiger partial charge in [-0.2, -0.15) is 0 Å². The van der Waals surface area contributed by atoms with Crippen molar-refractivity contribution in [2.45, 2.75) is 12.5 Å². The molecule has 1 amide bonds. The molecule has 0 spiro atoms. The molecule has 0 aliphatic carbocycles. The Bertz CT molecular complexity index is 662. The van der Waals surface area contributed by atoms with Crippen LogP contribution in [0.25, 0.3) is 0 Å². The Morgan fingerprint density at radius 2 is 2.14 bits per heavy atom. The number of carbonyl (C=O) groups excluding carboxylic acids is 1. The molecule has 1 aromatic rings. The number of non-ortho nitro benzene ring substituents is 1. The summed E-state index contributed by atoms with van der Waals surface area (Å²) >= 11 is 5.83. The fraction of sp³-hybridized carbons (Fsp3) is 0.364. The van der Waals surface area contributed by atoms with Crippen LogP contribution in [0.4, 0.5) is 11.4 Å². The Hall–Kier alpha value is -1.71. The highest BCUT2D eigenvalue weighted by atomic mass is 35.5. The van der Waals surface area contributed by atoms with Gasteiger partial charge in [0.05, 0.1) is 27.4 Å². The van der Waals surface area contributed by atoms with Crippen molar-refractivity contribution in [2.75, 3.05) is 17.3 Å². The summed E-state index contributed by atoms with van der Waals surface area (Å²) in [7, 11) is -3.23. The summed E-state index contributed by atoms with van der Waals surface area (Å²) in [5.41, 5.74) is 5.38. The molecule has 0 aliphatic heterocycles. The molecule has 10 heteroatoms. The largest absolute Gasteiger partial charge is 0.323 e. The Morgan fingerprint density at radius 1 is 1.52 bits per heavy atom. The lowest BCUT2D eigenvalue weighted by Gasteiger charge is -2.12. The smallest absolute Gasteiger partial charge is 0.271 e. The third kappa shape index (κ3) is 5.66. The Labute approximate surface area is 126 Å². The number of nitro benzene ring substituents is 1. The third-order valence-corrected chi connectivity index (χ3v) is 3.86. The number of nitrogens with zero attached hydrogens (tertiary/aromatic N) is 1. The van der Waals surface area contributed by atoms with Crippen LogP contribution in [0.1, 0.15) is 6.42 Å². The van der Waals surface area contributed by atoms with E-state index in [4.69, 9.17) is 17.3 Å². The number of nitrogens with two attached hydrogens (primary N) is 1. The zero-order valence-corrected chi connectivity index (χ0v) is 12.6. The summed E-state index contributed by atoms with van der Waals surface area (Å²) < 4.78 is 22.0. The third-order valence-electron chi connectivity index (χ3n) is 2.56. The van der Waals surface area contributed by atoms with Crippen molar-refractivity contribution in [3.05, 3.63) is 33.3 Å². The van der Waals surface area contributed by atoms with E-state index in [1.807, 2.05) is 0 Å². The van der Waals surface area contributed by atoms with Crippen LogP contribution >= 0.6 is 11.6 Å². The standard InChI is InChI=1S/C11H14ClN3O5S/c1-21(19,20)5-4-9(13)11(16)14-10-6-7(15(17)18)2-3-8(10)12/h2-3,6,9H,4-5,13H2,1H3,(H,14,16). The van der Waals surface area contributed by atoms with Crippen LogP contribution < -0.4 is 11.1 Å². The van der Waals surface area contributed by atoms with E-state index in [1.165, 1.54) is 12.1 Å². The van der Waals surface area contributed by atoms with Crippen LogP contribution in [0.15, 0.2) is 18.2 Å². The molecule has 0 aromatic heterocycles. The molecule has 0 saturated heterocycles. The molecule has 0 heterocycles. The lowest BCUT2D eigenvalue weighted by molar-refractivity contribution is -0.384. The Kier molecular flexibility index (Phi) is 5.64. The van der Waals surface area contributed by atoms with Crippen molar-refractivity contribution in [3.8, 4) is 0 Å². The summed E-state index contributed by atoms with van der Waals surface area (Å²) in [4.78, 5) is 21.8. The topological polar surface area (TPSA) is 132 Å². The fourth-order valence-electron chi connectivity index (χ4n) is 1.42. The van der Waals surface area contributed by atoms with Gasteiger partial charge in [0.2, 0.25) is 5.91 Å². The molecule has 116 valence electrons. The summed E-state index contributed by atoms with van der Waals surface area (Å²) in [6, 6.07) is 2.51. The first kappa shape index (κ1) is 17.3. The zero-order valence-electron chi connectivity index (χ0n) is 11.1. The van der Waals surface area contributed by atoms with Crippen LogP contribution in [0.5, 0.6) is 0 Å². The number of nitro groups is 1. The average Bonchev–Trinajstić information content (AvgIpc) is 2.37. The SMILES string of the molecule is CS(=O)(=O)CCC(N)C(=O)Nc1cc([N+](=O)[O-])ccc1Cl. The van der Waals surface area contributed by atoms with Crippen LogP contribution in [-0.4, -0.2) is 37.3 Å². The van der Waals surface area contributed by atoms with Gasteiger partial charge in [0.1, 0.15) is 9.84 Å². The number of hydrogen-bond acceptors (Lipinski definition) is 6. The number of hydrogen-bond donors (Lipinski definition) is 2. The van der Waals surface area contributed by atoms with E-state index in [1.54, 1.807) is 0 Å². The number of sulfone groups is 1. The van der Waals surface area contributed by atoms with Crippen LogP contribution in [0, 0.1) is 10.1 Å². The number of carbonyl (C=O) groups is 1. The molecule has 0 bridgehead atoms. The van der Waals surface area contributed by atoms with Gasteiger partial charge in [0, 0.05) is 18.4 Å². The minimum absolute atomic E-state index is 0.0469. The van der Waals surface area contributed by atoms with Crippen molar-refractivity contribution < 1.29 is 18.1 Å². The highest BCUT2D eigenvalue weighted by Gasteiger charge is 2.18. The Balaban J connectivity index is 2.78. The first-order valence-corrected chi connectivity index (χ1v) is 8.22. The Morgan fingerprint density at radius 3 is 2.67 bits per heavy atom. The van der Waals surface area contributed by atoms with Crippen molar-refractivity contribution in [2.24, 2.45) is 5.73 Å². The predicted molar refractivity (Wildman–Crippen MR) is 79.0 cm³/mol. The van der Waals surface area contributed by atoms with Gasteiger partial charge in [-0.3, -0.25) is 14.9 Å². The monoisotopic (exact) mass is 335 g/mol. The molecule has 1 unspecified atom stereocenters. The average molecular weight is 336 g/mol. The molecule has 1 atom stereocenters. The zero-order chi connectivity index (χ0) is 16.2. The van der Waals surface area contributed by atoms with Crippen molar-refractivity contribution in [3.63, 3.8) is 0 Å². The molecule has 0 radical (unpaired) electrons. The minimum atomic E-state index is -3.23. The summed E-state index contributed by atoms with van der Waals surface area (Å²) in [5.74, 6) is -0.898. The maximum Gasteiger partial charge on any atom is 0.271 e. The number of rotatable bonds is 6. The van der Waals surface area contributed by atoms with Gasteiger partial charge in [-0.05, 0) is 12.5 Å². The van der Waals surface area contributed by atoms with E-state index < -0.39 is 26.7 Å². The second-order valence-electron chi connectivity index (χ2n) is 4.44. The van der Waals surface area contributed by atoms with Crippen LogP contribution in [0.2, 0.25) is 5.02 Å². The molecule has 0 fully saturated rings. The number of halogens is 1. The van der Waals surface area contributed by atoms with Crippen LogP contribution in [-0.2, 0) is 14.6 Å². The van der Waals surface area contributed by atoms with Gasteiger partial charge in [0.15, 0.2) is 0 Å². The maximum absolute atomic E-state index is 11.8. The van der Waals surface area contributed by atoms with Crippen LogP contribution in [0.3, 0.4) is 0 Å². The number of nitrogens with one attached hydrogen (secondary N) is 1. The van der Waals surface area contributed by atoms with Crippen molar-refractivity contribution in [1.82, 2.24) is 0 Å². The molecule has 1 aromatic carbocycles. The van der Waals surface area contributed by atoms with Gasteiger partial charge in [-0.15, -0.1) is 0 Å². The molecule has 3 N–H and O–H groups in total. The number of anilines is 1. The lowest BCUT2D eigenvalue weighted by atomic mass is 10.2. The van der Waals surface area contributed by atoms with Crippen molar-refractivity contribution >= 4 is 38.7 Å². The molecule has 8 nitrogen and oxygen atoms in total. The highest BCUT2D eigenvalue weighted by molar-refractivity contribution is 7.90. The fourth-order valence-corrected chi connectivity index (χ4v) is 2.27. The van der Waals surface area contributed by atoms with E-state index in [-0.39, 0.29) is 28.6 Å². The van der Waals surface area contributed by atoms with Gasteiger partial charge in [0.25, 0.3) is 5.69 Å². The second-order valence-corrected chi connectivity index (χ2v) is 7.10. The highest BCUT2D eigenvalue weighted by Crippen LogP contribution is 2.26. The molecule has 1 rings (SSSR count). The first-order valence-electron chi connectivity index (χ1n) is 5.78. The van der Waals surface area contributed by atoms with Gasteiger partial charge >= 0.3 is 0 Å². The number of amides is 1. The van der Waals surface area contributed by atoms with E-state index in [0.717, 1.165) is 12.3 Å². The van der Waals surface area contributed by atoms with Gasteiger partial charge < -0.3 is 11.1 Å². The lowest BCUT2D eigenvalue weighted by Crippen LogP contribution is -2.37. The van der Waals surface area contributed by atoms with E-state index in [0.29, 0.717) is 0 Å². The molecule has 0 aliphatic rings. The normalized spacial score (nSPS) is 12.7. The molecular formula is C11H14ClN3O5S. The van der Waals surface area contributed by atoms with Gasteiger partial charge in [-0.25, -0.2) is 8.42 Å². The van der Waals surface area contributed by atoms with E-state index >= 15 is 0 Å². The van der Waals surface area contributed by atoms with Gasteiger partial charge in [-0.1, -0.05) is 11.6 Å². The number of benzene rings is 1. The predicted octanol–water partition coefficient (Wildman–Crippen LogP) is 0.949.